The third kappa shape index (κ3) is 3.36. The zero-order chi connectivity index (χ0) is 17.9. The number of carbonyl (C=O) groups is 1. The van der Waals surface area contributed by atoms with Gasteiger partial charge in [0.1, 0.15) is 0 Å². The third-order valence-corrected chi connectivity index (χ3v) is 4.13. The van der Waals surface area contributed by atoms with Crippen LogP contribution >= 0.6 is 11.6 Å². The van der Waals surface area contributed by atoms with Crippen molar-refractivity contribution in [3.63, 3.8) is 0 Å². The van der Waals surface area contributed by atoms with Gasteiger partial charge in [0.05, 0.1) is 16.4 Å². The van der Waals surface area contributed by atoms with Gasteiger partial charge in [-0.25, -0.2) is 14.8 Å². The molecule has 128 valence electrons. The number of anilines is 2. The Labute approximate surface area is 154 Å². The minimum atomic E-state index is -0.359. The van der Waals surface area contributed by atoms with Crippen molar-refractivity contribution in [3.8, 4) is 11.3 Å². The summed E-state index contributed by atoms with van der Waals surface area (Å²) in [4.78, 5) is 20.8. The van der Waals surface area contributed by atoms with Gasteiger partial charge in [0.2, 0.25) is 5.78 Å². The number of urea groups is 1. The van der Waals surface area contributed by atoms with E-state index in [9.17, 15) is 4.79 Å². The van der Waals surface area contributed by atoms with Crippen molar-refractivity contribution >= 4 is 34.8 Å². The number of para-hydroxylation sites is 1. The number of fused-ring (bicyclic) bond motifs is 1. The van der Waals surface area contributed by atoms with Gasteiger partial charge in [0.25, 0.3) is 0 Å². The third-order valence-electron chi connectivity index (χ3n) is 3.80. The fraction of sp³-hybridized carbons (Fsp3) is 0. The molecule has 0 unspecified atom stereocenters. The van der Waals surface area contributed by atoms with E-state index < -0.39 is 0 Å². The number of nitrogens with one attached hydrogen (secondary N) is 2. The van der Waals surface area contributed by atoms with Crippen LogP contribution < -0.4 is 10.6 Å². The second kappa shape index (κ2) is 6.85. The van der Waals surface area contributed by atoms with E-state index in [0.717, 1.165) is 11.3 Å². The fourth-order valence-corrected chi connectivity index (χ4v) is 2.72. The van der Waals surface area contributed by atoms with Crippen LogP contribution in [0.25, 0.3) is 17.0 Å². The van der Waals surface area contributed by atoms with E-state index in [4.69, 9.17) is 11.6 Å². The number of aromatic nitrogens is 3. The van der Waals surface area contributed by atoms with Crippen molar-refractivity contribution in [1.82, 2.24) is 14.4 Å². The highest BCUT2D eigenvalue weighted by Gasteiger charge is 2.07. The van der Waals surface area contributed by atoms with Crippen LogP contribution in [0.1, 0.15) is 0 Å². The molecule has 0 radical (unpaired) electrons. The lowest BCUT2D eigenvalue weighted by Crippen LogP contribution is -2.19. The van der Waals surface area contributed by atoms with E-state index in [-0.39, 0.29) is 6.03 Å². The number of hydrogen-bond donors (Lipinski definition) is 2. The monoisotopic (exact) mass is 363 g/mol. The summed E-state index contributed by atoms with van der Waals surface area (Å²) < 4.78 is 1.86. The standard InChI is InChI=1S/C19H14ClN5O/c20-15-4-1-2-5-16(15)24-19(26)22-14-8-6-13(7-9-14)17-12-25-11-3-10-21-18(25)23-17/h1-12H,(H2,22,24,26). The summed E-state index contributed by atoms with van der Waals surface area (Å²) in [5, 5.41) is 5.98. The van der Waals surface area contributed by atoms with E-state index in [1.807, 2.05) is 47.1 Å². The summed E-state index contributed by atoms with van der Waals surface area (Å²) in [6.07, 6.45) is 5.51. The van der Waals surface area contributed by atoms with Crippen LogP contribution in [0, 0.1) is 0 Å². The maximum atomic E-state index is 12.1. The largest absolute Gasteiger partial charge is 0.323 e. The highest BCUT2D eigenvalue weighted by molar-refractivity contribution is 6.33. The Kier molecular flexibility index (Phi) is 4.25. The Morgan fingerprint density at radius 1 is 1.00 bits per heavy atom. The SMILES string of the molecule is O=C(Nc1ccc(-c2cn3cccnc3n2)cc1)Nc1ccccc1Cl. The molecule has 0 fully saturated rings. The number of imidazole rings is 1. The molecule has 0 aliphatic heterocycles. The minimum absolute atomic E-state index is 0.359. The number of halogens is 1. The Bertz CT molecular complexity index is 1040. The van der Waals surface area contributed by atoms with Crippen molar-refractivity contribution in [1.29, 1.82) is 0 Å². The van der Waals surface area contributed by atoms with Crippen LogP contribution in [0.3, 0.4) is 0 Å². The molecule has 2 N–H and O–H groups in total. The highest BCUT2D eigenvalue weighted by Crippen LogP contribution is 2.22. The Balaban J connectivity index is 1.47. The first kappa shape index (κ1) is 16.1. The van der Waals surface area contributed by atoms with Crippen molar-refractivity contribution in [2.45, 2.75) is 0 Å². The lowest BCUT2D eigenvalue weighted by atomic mass is 10.1. The van der Waals surface area contributed by atoms with E-state index in [1.165, 1.54) is 0 Å². The first-order chi connectivity index (χ1) is 12.7. The fourth-order valence-electron chi connectivity index (χ4n) is 2.54. The number of carbonyl (C=O) groups excluding carboxylic acids is 1. The summed E-state index contributed by atoms with van der Waals surface area (Å²) >= 11 is 6.04. The van der Waals surface area contributed by atoms with E-state index in [1.54, 1.807) is 30.5 Å². The zero-order valence-electron chi connectivity index (χ0n) is 13.6. The van der Waals surface area contributed by atoms with Gasteiger partial charge in [-0.3, -0.25) is 4.40 Å². The highest BCUT2D eigenvalue weighted by atomic mass is 35.5. The maximum absolute atomic E-state index is 12.1. The zero-order valence-corrected chi connectivity index (χ0v) is 14.3. The van der Waals surface area contributed by atoms with Crippen LogP contribution in [0.4, 0.5) is 16.2 Å². The van der Waals surface area contributed by atoms with Gasteiger partial charge >= 0.3 is 6.03 Å². The molecule has 6 nitrogen and oxygen atoms in total. The quantitative estimate of drug-likeness (QED) is 0.554. The first-order valence-corrected chi connectivity index (χ1v) is 8.29. The van der Waals surface area contributed by atoms with Gasteiger partial charge in [0, 0.05) is 29.8 Å². The molecule has 0 atom stereocenters. The molecule has 4 rings (SSSR count). The molecule has 2 amide bonds. The molecule has 0 saturated heterocycles. The van der Waals surface area contributed by atoms with Crippen molar-refractivity contribution in [2.75, 3.05) is 10.6 Å². The normalized spacial score (nSPS) is 10.7. The molecule has 0 bridgehead atoms. The second-order valence-corrected chi connectivity index (χ2v) is 6.00. The van der Waals surface area contributed by atoms with Crippen LogP contribution in [-0.4, -0.2) is 20.4 Å². The lowest BCUT2D eigenvalue weighted by Gasteiger charge is -2.09. The predicted octanol–water partition coefficient (Wildman–Crippen LogP) is 4.69. The molecular formula is C19H14ClN5O. The molecule has 0 aliphatic carbocycles. The van der Waals surface area contributed by atoms with Crippen molar-refractivity contribution in [2.24, 2.45) is 0 Å². The van der Waals surface area contributed by atoms with Crippen molar-refractivity contribution in [3.05, 3.63) is 78.2 Å². The van der Waals surface area contributed by atoms with Gasteiger partial charge in [-0.1, -0.05) is 35.9 Å². The average Bonchev–Trinajstić information content (AvgIpc) is 3.08. The number of amides is 2. The molecule has 2 aromatic carbocycles. The summed E-state index contributed by atoms with van der Waals surface area (Å²) in [6.45, 7) is 0. The smallest absolute Gasteiger partial charge is 0.308 e. The average molecular weight is 364 g/mol. The Morgan fingerprint density at radius 3 is 2.58 bits per heavy atom. The predicted molar refractivity (Wildman–Crippen MR) is 103 cm³/mol. The van der Waals surface area contributed by atoms with Crippen LogP contribution in [0.15, 0.2) is 73.2 Å². The van der Waals surface area contributed by atoms with Crippen molar-refractivity contribution < 1.29 is 4.79 Å². The first-order valence-electron chi connectivity index (χ1n) is 7.92. The minimum Gasteiger partial charge on any atom is -0.308 e. The number of benzene rings is 2. The molecule has 2 aromatic heterocycles. The van der Waals surface area contributed by atoms with E-state index >= 15 is 0 Å². The molecule has 26 heavy (non-hydrogen) atoms. The van der Waals surface area contributed by atoms with Gasteiger partial charge in [0.15, 0.2) is 0 Å². The molecule has 4 aromatic rings. The number of rotatable bonds is 3. The van der Waals surface area contributed by atoms with Gasteiger partial charge in [-0.05, 0) is 30.3 Å². The number of nitrogens with zero attached hydrogens (tertiary/aromatic N) is 3. The second-order valence-electron chi connectivity index (χ2n) is 5.59. The molecule has 0 spiro atoms. The summed E-state index contributed by atoms with van der Waals surface area (Å²) in [5.41, 5.74) is 2.98. The summed E-state index contributed by atoms with van der Waals surface area (Å²) in [7, 11) is 0. The summed E-state index contributed by atoms with van der Waals surface area (Å²) in [6, 6.07) is 16.0. The van der Waals surface area contributed by atoms with E-state index in [2.05, 4.69) is 20.6 Å². The molecule has 2 heterocycles. The number of hydrogen-bond acceptors (Lipinski definition) is 3. The molecule has 0 aliphatic rings. The molecular weight excluding hydrogens is 350 g/mol. The van der Waals surface area contributed by atoms with E-state index in [0.29, 0.717) is 22.2 Å². The van der Waals surface area contributed by atoms with Gasteiger partial charge in [-0.2, -0.15) is 0 Å². The lowest BCUT2D eigenvalue weighted by molar-refractivity contribution is 0.262. The molecule has 0 saturated carbocycles. The maximum Gasteiger partial charge on any atom is 0.323 e. The van der Waals surface area contributed by atoms with Crippen LogP contribution in [-0.2, 0) is 0 Å². The molecule has 7 heteroatoms. The van der Waals surface area contributed by atoms with Gasteiger partial charge < -0.3 is 10.6 Å². The van der Waals surface area contributed by atoms with Crippen LogP contribution in [0.2, 0.25) is 5.02 Å². The topological polar surface area (TPSA) is 71.3 Å². The summed E-state index contributed by atoms with van der Waals surface area (Å²) in [5.74, 6) is 0.642. The Morgan fingerprint density at radius 2 is 1.81 bits per heavy atom. The van der Waals surface area contributed by atoms with Crippen LogP contribution in [0.5, 0.6) is 0 Å². The Hall–Kier alpha value is -3.38. The van der Waals surface area contributed by atoms with Gasteiger partial charge in [-0.15, -0.1) is 0 Å².